The molecule has 0 bridgehead atoms. The lowest BCUT2D eigenvalue weighted by Gasteiger charge is -2.34. The van der Waals surface area contributed by atoms with Gasteiger partial charge >= 0.3 is 0 Å². The Bertz CT molecular complexity index is 408. The summed E-state index contributed by atoms with van der Waals surface area (Å²) in [5, 5.41) is 10.4. The van der Waals surface area contributed by atoms with Crippen LogP contribution in [0.5, 0.6) is 0 Å². The van der Waals surface area contributed by atoms with Gasteiger partial charge in [-0.15, -0.1) is 0 Å². The van der Waals surface area contributed by atoms with E-state index in [0.717, 1.165) is 19.3 Å². The van der Waals surface area contributed by atoms with Crippen molar-refractivity contribution < 1.29 is 0 Å². The van der Waals surface area contributed by atoms with Crippen LogP contribution in [-0.2, 0) is 0 Å². The molecule has 0 heterocycles. The SMILES string of the molecule is CC(C)NC1CC(N)C1.CC(C)NC1CCC(N)C1.CC(C)NC1CCCC1N. The predicted molar refractivity (Wildman–Crippen MR) is 127 cm³/mol. The maximum atomic E-state index is 5.86. The minimum atomic E-state index is 0.405. The molecule has 0 amide bonds. The maximum Gasteiger partial charge on any atom is 0.0221 e. The van der Waals surface area contributed by atoms with Crippen LogP contribution in [0.15, 0.2) is 0 Å². The minimum Gasteiger partial charge on any atom is -0.328 e. The second-order valence-electron chi connectivity index (χ2n) is 10.4. The Morgan fingerprint density at radius 1 is 0.586 bits per heavy atom. The van der Waals surface area contributed by atoms with Crippen LogP contribution in [0.3, 0.4) is 0 Å². The number of nitrogens with one attached hydrogen (secondary N) is 3. The molecule has 29 heavy (non-hydrogen) atoms. The van der Waals surface area contributed by atoms with E-state index >= 15 is 0 Å². The average Bonchev–Trinajstić information content (AvgIpc) is 3.14. The second-order valence-corrected chi connectivity index (χ2v) is 10.4. The van der Waals surface area contributed by atoms with E-state index in [1.54, 1.807) is 0 Å². The molecule has 6 heteroatoms. The van der Waals surface area contributed by atoms with Crippen LogP contribution < -0.4 is 33.2 Å². The molecule has 0 saturated heterocycles. The largest absolute Gasteiger partial charge is 0.328 e. The van der Waals surface area contributed by atoms with Gasteiger partial charge in [-0.25, -0.2) is 0 Å². The first-order valence-electron chi connectivity index (χ1n) is 12.1. The van der Waals surface area contributed by atoms with Gasteiger partial charge in [0.25, 0.3) is 0 Å². The fourth-order valence-corrected chi connectivity index (χ4v) is 4.53. The van der Waals surface area contributed by atoms with E-state index in [1.807, 2.05) is 0 Å². The summed E-state index contributed by atoms with van der Waals surface area (Å²) >= 11 is 0. The van der Waals surface area contributed by atoms with Crippen molar-refractivity contribution in [3.8, 4) is 0 Å². The second kappa shape index (κ2) is 13.9. The molecule has 174 valence electrons. The molecule has 3 saturated carbocycles. The maximum absolute atomic E-state index is 5.86. The Morgan fingerprint density at radius 2 is 1.10 bits per heavy atom. The van der Waals surface area contributed by atoms with Crippen molar-refractivity contribution in [2.75, 3.05) is 0 Å². The summed E-state index contributed by atoms with van der Waals surface area (Å²) in [6, 6.07) is 5.11. The molecular weight excluding hydrogens is 360 g/mol. The molecule has 4 atom stereocenters. The van der Waals surface area contributed by atoms with Crippen molar-refractivity contribution in [2.45, 2.75) is 147 Å². The van der Waals surface area contributed by atoms with Crippen LogP contribution in [0.1, 0.15) is 92.9 Å². The third-order valence-corrected chi connectivity index (χ3v) is 5.90. The summed E-state index contributed by atoms with van der Waals surface area (Å²) in [6.07, 6.45) is 9.72. The van der Waals surface area contributed by atoms with Gasteiger partial charge in [0.2, 0.25) is 0 Å². The molecular formula is C23H52N6. The van der Waals surface area contributed by atoms with Crippen molar-refractivity contribution in [3.63, 3.8) is 0 Å². The Balaban J connectivity index is 0.000000218. The molecule has 3 fully saturated rings. The van der Waals surface area contributed by atoms with E-state index in [-0.39, 0.29) is 0 Å². The Hall–Kier alpha value is -0.240. The molecule has 4 unspecified atom stereocenters. The lowest BCUT2D eigenvalue weighted by atomic mass is 9.87. The smallest absolute Gasteiger partial charge is 0.0221 e. The first-order valence-corrected chi connectivity index (χ1v) is 12.1. The van der Waals surface area contributed by atoms with Crippen LogP contribution in [0.25, 0.3) is 0 Å². The van der Waals surface area contributed by atoms with Gasteiger partial charge in [0, 0.05) is 54.4 Å². The fourth-order valence-electron chi connectivity index (χ4n) is 4.53. The predicted octanol–water partition coefficient (Wildman–Crippen LogP) is 2.20. The first kappa shape index (κ1) is 26.8. The zero-order valence-electron chi connectivity index (χ0n) is 20.1. The van der Waals surface area contributed by atoms with Crippen molar-refractivity contribution in [2.24, 2.45) is 17.2 Å². The lowest BCUT2D eigenvalue weighted by molar-refractivity contribution is 0.276. The zero-order chi connectivity index (χ0) is 22.0. The lowest BCUT2D eigenvalue weighted by Crippen LogP contribution is -2.50. The summed E-state index contributed by atoms with van der Waals surface area (Å²) < 4.78 is 0. The molecule has 0 radical (unpaired) electrons. The van der Waals surface area contributed by atoms with E-state index in [0.29, 0.717) is 54.4 Å². The van der Waals surface area contributed by atoms with E-state index in [9.17, 15) is 0 Å². The van der Waals surface area contributed by atoms with Crippen LogP contribution in [0.4, 0.5) is 0 Å². The van der Waals surface area contributed by atoms with Crippen molar-refractivity contribution >= 4 is 0 Å². The quantitative estimate of drug-likeness (QED) is 0.399. The summed E-state index contributed by atoms with van der Waals surface area (Å²) in [5.74, 6) is 0. The van der Waals surface area contributed by atoms with Gasteiger partial charge in [0.1, 0.15) is 0 Å². The van der Waals surface area contributed by atoms with Gasteiger partial charge in [-0.1, -0.05) is 48.0 Å². The number of hydrogen-bond acceptors (Lipinski definition) is 6. The summed E-state index contributed by atoms with van der Waals surface area (Å²) in [6.45, 7) is 13.1. The third-order valence-electron chi connectivity index (χ3n) is 5.90. The monoisotopic (exact) mass is 412 g/mol. The molecule has 9 N–H and O–H groups in total. The van der Waals surface area contributed by atoms with Gasteiger partial charge < -0.3 is 33.2 Å². The average molecular weight is 413 g/mol. The first-order chi connectivity index (χ1) is 13.6. The van der Waals surface area contributed by atoms with Crippen molar-refractivity contribution in [1.82, 2.24) is 16.0 Å². The summed E-state index contributed by atoms with van der Waals surface area (Å²) in [7, 11) is 0. The highest BCUT2D eigenvalue weighted by molar-refractivity contribution is 4.88. The highest BCUT2D eigenvalue weighted by atomic mass is 15.0. The zero-order valence-corrected chi connectivity index (χ0v) is 20.1. The molecule has 3 aliphatic rings. The van der Waals surface area contributed by atoms with Gasteiger partial charge in [0.05, 0.1) is 0 Å². The minimum absolute atomic E-state index is 0.405. The number of hydrogen-bond donors (Lipinski definition) is 6. The van der Waals surface area contributed by atoms with E-state index in [4.69, 9.17) is 17.2 Å². The molecule has 0 aliphatic heterocycles. The highest BCUT2D eigenvalue weighted by Crippen LogP contribution is 2.18. The van der Waals surface area contributed by atoms with E-state index in [1.165, 1.54) is 32.1 Å². The number of rotatable bonds is 6. The highest BCUT2D eigenvalue weighted by Gasteiger charge is 2.25. The molecule has 3 aliphatic carbocycles. The fraction of sp³-hybridized carbons (Fsp3) is 1.00. The Labute approximate surface area is 180 Å². The summed E-state index contributed by atoms with van der Waals surface area (Å²) in [4.78, 5) is 0. The van der Waals surface area contributed by atoms with Gasteiger partial charge in [0.15, 0.2) is 0 Å². The molecule has 6 nitrogen and oxygen atoms in total. The molecule has 0 aromatic carbocycles. The molecule has 3 rings (SSSR count). The van der Waals surface area contributed by atoms with Crippen molar-refractivity contribution in [1.29, 1.82) is 0 Å². The molecule has 0 spiro atoms. The van der Waals surface area contributed by atoms with Gasteiger partial charge in [-0.2, -0.15) is 0 Å². The standard InChI is InChI=1S/2C8H18N2.C7H16N2/c1-6(2)10-8-4-3-7(9)5-8;1-6(2)10-8-5-3-4-7(8)9;1-5(2)9-7-3-6(8)4-7/h2*6-8,10H,3-5,9H2,1-2H3;5-7,9H,3-4,8H2,1-2H3. The Kier molecular flexibility index (Phi) is 12.9. The summed E-state index contributed by atoms with van der Waals surface area (Å²) in [5.41, 5.74) is 17.2. The van der Waals surface area contributed by atoms with Crippen LogP contribution in [0, 0.1) is 0 Å². The van der Waals surface area contributed by atoms with Crippen LogP contribution in [-0.4, -0.2) is 54.4 Å². The normalized spacial score (nSPS) is 33.9. The van der Waals surface area contributed by atoms with Crippen LogP contribution in [0.2, 0.25) is 0 Å². The van der Waals surface area contributed by atoms with E-state index < -0.39 is 0 Å². The topological polar surface area (TPSA) is 114 Å². The molecule has 0 aromatic rings. The Morgan fingerprint density at radius 3 is 1.48 bits per heavy atom. The van der Waals surface area contributed by atoms with Gasteiger partial charge in [-0.3, -0.25) is 0 Å². The number of nitrogens with two attached hydrogens (primary N) is 3. The van der Waals surface area contributed by atoms with Gasteiger partial charge in [-0.05, 0) is 44.9 Å². The molecule has 0 aromatic heterocycles. The van der Waals surface area contributed by atoms with E-state index in [2.05, 4.69) is 57.5 Å². The third kappa shape index (κ3) is 12.3. The van der Waals surface area contributed by atoms with Crippen LogP contribution >= 0.6 is 0 Å². The van der Waals surface area contributed by atoms with Crippen molar-refractivity contribution in [3.05, 3.63) is 0 Å².